The van der Waals surface area contributed by atoms with Crippen molar-refractivity contribution in [2.75, 3.05) is 26.3 Å². The molecule has 0 unspecified atom stereocenters. The van der Waals surface area contributed by atoms with Gasteiger partial charge < -0.3 is 28.6 Å². The van der Waals surface area contributed by atoms with E-state index in [1.165, 1.54) is 5.56 Å². The molecule has 4 heterocycles. The predicted molar refractivity (Wildman–Crippen MR) is 186 cm³/mol. The van der Waals surface area contributed by atoms with Crippen molar-refractivity contribution in [2.45, 2.75) is 77.4 Å². The molecule has 1 N–H and O–H groups in total. The molecule has 2 saturated heterocycles. The lowest BCUT2D eigenvalue weighted by Crippen LogP contribution is -2.52. The Balaban J connectivity index is 0.000000221. The van der Waals surface area contributed by atoms with Gasteiger partial charge in [-0.15, -0.1) is 12.4 Å². The maximum absolute atomic E-state index is 12.8. The first-order valence-corrected chi connectivity index (χ1v) is 16.5. The molecule has 0 radical (unpaired) electrons. The number of nitrogens with zero attached hydrogens (tertiary/aromatic N) is 3. The van der Waals surface area contributed by atoms with E-state index < -0.39 is 5.60 Å². The van der Waals surface area contributed by atoms with Gasteiger partial charge in [-0.2, -0.15) is 0 Å². The van der Waals surface area contributed by atoms with E-state index in [0.717, 1.165) is 40.7 Å². The zero-order chi connectivity index (χ0) is 33.6. The quantitative estimate of drug-likeness (QED) is 0.213. The van der Waals surface area contributed by atoms with Gasteiger partial charge in [0.2, 0.25) is 0 Å². The Hall–Kier alpha value is -3.12. The number of carbonyl (C=O) groups is 1. The van der Waals surface area contributed by atoms with E-state index in [1.54, 1.807) is 4.90 Å². The molecule has 13 heteroatoms. The van der Waals surface area contributed by atoms with Crippen molar-refractivity contribution in [3.05, 3.63) is 105 Å². The fraction of sp³-hybridized carbons (Fsp3) is 0.457. The SMILES string of the molecule is Cc1cc([C@H]2CN(C(=O)OC(C)(C)C)[C@@H](Cc3ccc(Cl)cc3)CO2)on1.Cc1cc([C@H]2CN[C@@H](Cc3ccc(Cl)cc3)CO2)on1.Cl. The number of aromatic nitrogens is 2. The lowest BCUT2D eigenvalue weighted by molar-refractivity contribution is -0.0786. The molecular formula is C35H43Cl3N4O6. The number of hydrogen-bond acceptors (Lipinski definition) is 9. The fourth-order valence-corrected chi connectivity index (χ4v) is 5.64. The summed E-state index contributed by atoms with van der Waals surface area (Å²) in [5.74, 6) is 1.41. The summed E-state index contributed by atoms with van der Waals surface area (Å²) < 4.78 is 28.0. The first-order chi connectivity index (χ1) is 22.4. The van der Waals surface area contributed by atoms with Gasteiger partial charge in [-0.25, -0.2) is 4.79 Å². The molecule has 0 saturated carbocycles. The molecular weight excluding hydrogens is 679 g/mol. The Bertz CT molecular complexity index is 1580. The van der Waals surface area contributed by atoms with E-state index in [4.69, 9.17) is 46.5 Å². The van der Waals surface area contributed by atoms with Crippen LogP contribution in [0.1, 0.15) is 67.0 Å². The first-order valence-electron chi connectivity index (χ1n) is 15.7. The molecule has 2 aliphatic rings. The molecule has 2 aliphatic heterocycles. The highest BCUT2D eigenvalue weighted by Gasteiger charge is 2.37. The molecule has 2 fully saturated rings. The number of hydrogen-bond donors (Lipinski definition) is 1. The zero-order valence-electron chi connectivity index (χ0n) is 27.8. The average molecular weight is 722 g/mol. The highest BCUT2D eigenvalue weighted by atomic mass is 35.5. The molecule has 260 valence electrons. The summed E-state index contributed by atoms with van der Waals surface area (Å²) >= 11 is 11.9. The third-order valence-corrected chi connectivity index (χ3v) is 8.22. The number of halogens is 3. The molecule has 48 heavy (non-hydrogen) atoms. The predicted octanol–water partition coefficient (Wildman–Crippen LogP) is 7.89. The van der Waals surface area contributed by atoms with Gasteiger partial charge in [-0.3, -0.25) is 4.90 Å². The number of carbonyl (C=O) groups excluding carboxylic acids is 1. The number of morpholine rings is 2. The van der Waals surface area contributed by atoms with Crippen molar-refractivity contribution in [1.29, 1.82) is 0 Å². The van der Waals surface area contributed by atoms with Crippen LogP contribution in [0.25, 0.3) is 0 Å². The van der Waals surface area contributed by atoms with Gasteiger partial charge in [0.15, 0.2) is 11.5 Å². The van der Waals surface area contributed by atoms with E-state index in [2.05, 4.69) is 27.8 Å². The summed E-state index contributed by atoms with van der Waals surface area (Å²) in [5, 5.41) is 12.7. The molecule has 2 aromatic carbocycles. The van der Waals surface area contributed by atoms with Gasteiger partial charge in [0.05, 0.1) is 37.2 Å². The molecule has 0 spiro atoms. The summed E-state index contributed by atoms with van der Waals surface area (Å²) in [6, 6.07) is 19.5. The van der Waals surface area contributed by atoms with Crippen LogP contribution in [0.2, 0.25) is 10.0 Å². The zero-order valence-corrected chi connectivity index (χ0v) is 30.1. The molecule has 10 nitrogen and oxygen atoms in total. The molecule has 0 aliphatic carbocycles. The summed E-state index contributed by atoms with van der Waals surface area (Å²) in [6.45, 7) is 11.5. The van der Waals surface area contributed by atoms with Gasteiger partial charge >= 0.3 is 6.09 Å². The Morgan fingerprint density at radius 1 is 0.854 bits per heavy atom. The number of amides is 1. The van der Waals surface area contributed by atoms with Crippen LogP contribution >= 0.6 is 35.6 Å². The Labute approximate surface area is 297 Å². The third kappa shape index (κ3) is 10.9. The van der Waals surface area contributed by atoms with Crippen molar-refractivity contribution >= 4 is 41.7 Å². The van der Waals surface area contributed by atoms with E-state index in [9.17, 15) is 4.79 Å². The summed E-state index contributed by atoms with van der Waals surface area (Å²) in [4.78, 5) is 14.6. The number of benzene rings is 2. The van der Waals surface area contributed by atoms with Crippen molar-refractivity contribution in [1.82, 2.24) is 20.5 Å². The van der Waals surface area contributed by atoms with Crippen LogP contribution in [-0.2, 0) is 27.1 Å². The van der Waals surface area contributed by atoms with Gasteiger partial charge in [0, 0.05) is 34.8 Å². The molecule has 4 aromatic rings. The molecule has 2 aromatic heterocycles. The molecule has 6 rings (SSSR count). The van der Waals surface area contributed by atoms with E-state index >= 15 is 0 Å². The van der Waals surface area contributed by atoms with Crippen LogP contribution in [0.4, 0.5) is 4.79 Å². The van der Waals surface area contributed by atoms with Crippen LogP contribution in [-0.4, -0.2) is 65.3 Å². The smallest absolute Gasteiger partial charge is 0.410 e. The molecule has 1 amide bonds. The van der Waals surface area contributed by atoms with Crippen molar-refractivity contribution < 1.29 is 28.1 Å². The van der Waals surface area contributed by atoms with Crippen molar-refractivity contribution in [3.63, 3.8) is 0 Å². The van der Waals surface area contributed by atoms with E-state index in [-0.39, 0.29) is 36.8 Å². The minimum atomic E-state index is -0.571. The highest BCUT2D eigenvalue weighted by Crippen LogP contribution is 2.29. The number of aryl methyl sites for hydroxylation is 2. The number of ether oxygens (including phenoxy) is 3. The average Bonchev–Trinajstić information content (AvgIpc) is 3.67. The van der Waals surface area contributed by atoms with Gasteiger partial charge in [0.25, 0.3) is 0 Å². The second-order valence-electron chi connectivity index (χ2n) is 12.9. The lowest BCUT2D eigenvalue weighted by Gasteiger charge is -2.39. The lowest BCUT2D eigenvalue weighted by atomic mass is 10.0. The monoisotopic (exact) mass is 720 g/mol. The van der Waals surface area contributed by atoms with E-state index in [0.29, 0.717) is 43.0 Å². The summed E-state index contributed by atoms with van der Waals surface area (Å²) in [7, 11) is 0. The maximum atomic E-state index is 12.8. The van der Waals surface area contributed by atoms with Crippen LogP contribution in [0.5, 0.6) is 0 Å². The minimum absolute atomic E-state index is 0. The first kappa shape index (κ1) is 37.7. The molecule has 4 atom stereocenters. The highest BCUT2D eigenvalue weighted by molar-refractivity contribution is 6.30. The Morgan fingerprint density at radius 3 is 1.85 bits per heavy atom. The Kier molecular flexibility index (Phi) is 13.4. The van der Waals surface area contributed by atoms with Crippen LogP contribution in [0, 0.1) is 13.8 Å². The largest absolute Gasteiger partial charge is 0.444 e. The van der Waals surface area contributed by atoms with E-state index in [1.807, 2.05) is 83.1 Å². The van der Waals surface area contributed by atoms with Crippen LogP contribution in [0.3, 0.4) is 0 Å². The third-order valence-electron chi connectivity index (χ3n) is 7.72. The maximum Gasteiger partial charge on any atom is 0.410 e. The van der Waals surface area contributed by atoms with Gasteiger partial charge in [0.1, 0.15) is 17.8 Å². The second kappa shape index (κ2) is 17.0. The van der Waals surface area contributed by atoms with Gasteiger partial charge in [-0.05, 0) is 82.9 Å². The fourth-order valence-electron chi connectivity index (χ4n) is 5.39. The minimum Gasteiger partial charge on any atom is -0.444 e. The molecule has 0 bridgehead atoms. The summed E-state index contributed by atoms with van der Waals surface area (Å²) in [5.41, 5.74) is 3.42. The van der Waals surface area contributed by atoms with Crippen molar-refractivity contribution in [3.8, 4) is 0 Å². The Morgan fingerprint density at radius 2 is 1.38 bits per heavy atom. The van der Waals surface area contributed by atoms with Crippen molar-refractivity contribution in [2.24, 2.45) is 0 Å². The standard InChI is InChI=1S/C20H25ClN2O4.C15H17ClN2O2.ClH/c1-13-9-17(27-22-13)18-11-23(19(24)26-20(2,3)4)16(12-25-18)10-14-5-7-15(21)8-6-14;1-10-6-14(20-18-10)15-8-17-13(9-19-15)7-11-2-4-12(16)5-3-11;/h5-9,16,18H,10-12H2,1-4H3;2-6,13,15,17H,7-9H2,1H3;1H/t16-,18+;13-,15+;/m00./s1. The van der Waals surface area contributed by atoms with Gasteiger partial charge in [-0.1, -0.05) is 57.8 Å². The number of nitrogens with one attached hydrogen (secondary N) is 1. The second-order valence-corrected chi connectivity index (χ2v) is 13.8. The van der Waals surface area contributed by atoms with Crippen LogP contribution in [0.15, 0.2) is 69.7 Å². The number of rotatable bonds is 6. The normalized spacial score (nSPS) is 21.1. The summed E-state index contributed by atoms with van der Waals surface area (Å²) in [6.07, 6.45) is 0.821. The topological polar surface area (TPSA) is 112 Å². The van der Waals surface area contributed by atoms with Crippen LogP contribution < -0.4 is 5.32 Å².